The minimum Gasteiger partial charge on any atom is -0.382 e. The summed E-state index contributed by atoms with van der Waals surface area (Å²) in [4.78, 5) is 4.46. The van der Waals surface area contributed by atoms with Crippen LogP contribution >= 0.6 is 11.8 Å². The van der Waals surface area contributed by atoms with Crippen molar-refractivity contribution < 1.29 is 9.47 Å². The fraction of sp³-hybridized carbons (Fsp3) is 0.909. The highest BCUT2D eigenvalue weighted by Gasteiger charge is 2.22. The molecule has 0 aromatic carbocycles. The summed E-state index contributed by atoms with van der Waals surface area (Å²) in [6.07, 6.45) is 0. The molecule has 0 radical (unpaired) electrons. The highest BCUT2D eigenvalue weighted by molar-refractivity contribution is 8.14. The Balaban J connectivity index is 2.07. The number of nitrogens with one attached hydrogen (secondary N) is 1. The van der Waals surface area contributed by atoms with E-state index in [1.165, 1.54) is 0 Å². The van der Waals surface area contributed by atoms with E-state index in [1.807, 2.05) is 0 Å². The molecule has 1 rings (SSSR count). The lowest BCUT2D eigenvalue weighted by Gasteiger charge is -2.13. The molecule has 1 saturated heterocycles. The van der Waals surface area contributed by atoms with Crippen molar-refractivity contribution in [3.8, 4) is 0 Å². The number of hydrogen-bond acceptors (Lipinski definition) is 4. The van der Waals surface area contributed by atoms with Gasteiger partial charge in [-0.05, 0) is 5.92 Å². The molecule has 0 spiro atoms. The van der Waals surface area contributed by atoms with Gasteiger partial charge in [0.1, 0.15) is 0 Å². The van der Waals surface area contributed by atoms with E-state index >= 15 is 0 Å². The van der Waals surface area contributed by atoms with E-state index in [2.05, 4.69) is 24.2 Å². The third kappa shape index (κ3) is 5.18. The molecule has 0 aromatic heterocycles. The topological polar surface area (TPSA) is 42.9 Å². The molecule has 5 heteroatoms. The van der Waals surface area contributed by atoms with Crippen LogP contribution in [0, 0.1) is 5.92 Å². The van der Waals surface area contributed by atoms with Crippen LogP contribution in [0.3, 0.4) is 0 Å². The summed E-state index contributed by atoms with van der Waals surface area (Å²) in [6, 6.07) is 0.568. The Morgan fingerprint density at radius 1 is 1.44 bits per heavy atom. The van der Waals surface area contributed by atoms with E-state index < -0.39 is 0 Å². The lowest BCUT2D eigenvalue weighted by molar-refractivity contribution is 0.0748. The van der Waals surface area contributed by atoms with Crippen LogP contribution in [0.25, 0.3) is 0 Å². The van der Waals surface area contributed by atoms with Crippen LogP contribution in [0.5, 0.6) is 0 Å². The molecule has 0 aliphatic carbocycles. The van der Waals surface area contributed by atoms with Crippen LogP contribution in [-0.4, -0.2) is 50.4 Å². The number of nitrogens with zero attached hydrogens (tertiary/aromatic N) is 1. The highest BCUT2D eigenvalue weighted by atomic mass is 32.2. The number of aliphatic imine (C=N–C) groups is 1. The van der Waals surface area contributed by atoms with Crippen LogP contribution < -0.4 is 5.32 Å². The van der Waals surface area contributed by atoms with Gasteiger partial charge in [-0.25, -0.2) is 0 Å². The van der Waals surface area contributed by atoms with Crippen molar-refractivity contribution in [2.24, 2.45) is 10.9 Å². The second kappa shape index (κ2) is 7.92. The van der Waals surface area contributed by atoms with E-state index in [4.69, 9.17) is 9.47 Å². The minimum absolute atomic E-state index is 0.568. The van der Waals surface area contributed by atoms with E-state index in [1.54, 1.807) is 18.9 Å². The molecule has 4 nitrogen and oxygen atoms in total. The Morgan fingerprint density at radius 2 is 2.25 bits per heavy atom. The van der Waals surface area contributed by atoms with Crippen LogP contribution in [0.15, 0.2) is 4.99 Å². The maximum absolute atomic E-state index is 5.34. The molecular formula is C11H22N2O2S. The third-order valence-corrected chi connectivity index (χ3v) is 3.48. The standard InChI is InChI=1S/C11H22N2O2S/c1-9(2)10-8-16-11(13-10)12-4-5-15-7-6-14-3/h9-10H,4-8H2,1-3H3,(H,12,13)/t10-/m1/s1. The first-order valence-electron chi connectivity index (χ1n) is 5.74. The van der Waals surface area contributed by atoms with Gasteiger partial charge in [0.05, 0.1) is 26.4 Å². The van der Waals surface area contributed by atoms with Crippen molar-refractivity contribution in [3.05, 3.63) is 0 Å². The van der Waals surface area contributed by atoms with E-state index in [9.17, 15) is 0 Å². The average Bonchev–Trinajstić information content (AvgIpc) is 2.72. The normalized spacial score (nSPS) is 23.0. The molecule has 0 aromatic rings. The van der Waals surface area contributed by atoms with Gasteiger partial charge in [-0.15, -0.1) is 0 Å². The quantitative estimate of drug-likeness (QED) is 0.689. The molecule has 0 unspecified atom stereocenters. The summed E-state index contributed by atoms with van der Waals surface area (Å²) in [5.41, 5.74) is 0. The number of rotatable bonds is 7. The lowest BCUT2D eigenvalue weighted by Crippen LogP contribution is -2.31. The van der Waals surface area contributed by atoms with Crippen molar-refractivity contribution in [3.63, 3.8) is 0 Å². The highest BCUT2D eigenvalue weighted by Crippen LogP contribution is 2.18. The first kappa shape index (κ1) is 13.8. The van der Waals surface area contributed by atoms with Gasteiger partial charge in [-0.3, -0.25) is 4.99 Å². The van der Waals surface area contributed by atoms with E-state index in [0.29, 0.717) is 31.8 Å². The van der Waals surface area contributed by atoms with E-state index in [0.717, 1.165) is 17.5 Å². The smallest absolute Gasteiger partial charge is 0.156 e. The molecule has 1 aliphatic rings. The SMILES string of the molecule is COCCOCCN=C1N[C@@H](C(C)C)CS1. The Kier molecular flexibility index (Phi) is 6.84. The lowest BCUT2D eigenvalue weighted by atomic mass is 10.1. The monoisotopic (exact) mass is 246 g/mol. The summed E-state index contributed by atoms with van der Waals surface area (Å²) in [5.74, 6) is 1.79. The summed E-state index contributed by atoms with van der Waals surface area (Å²) in [6.45, 7) is 7.16. The fourth-order valence-corrected chi connectivity index (χ4v) is 2.54. The molecule has 0 saturated carbocycles. The predicted molar refractivity (Wildman–Crippen MR) is 69.2 cm³/mol. The zero-order chi connectivity index (χ0) is 11.8. The third-order valence-electron chi connectivity index (χ3n) is 2.44. The van der Waals surface area contributed by atoms with Crippen LogP contribution in [0.2, 0.25) is 0 Å². The summed E-state index contributed by atoms with van der Waals surface area (Å²) in [5, 5.41) is 4.49. The van der Waals surface area contributed by atoms with Gasteiger partial charge in [-0.1, -0.05) is 25.6 Å². The fourth-order valence-electron chi connectivity index (χ4n) is 1.32. The van der Waals surface area contributed by atoms with Gasteiger partial charge >= 0.3 is 0 Å². The average molecular weight is 246 g/mol. The molecule has 94 valence electrons. The maximum Gasteiger partial charge on any atom is 0.156 e. The van der Waals surface area contributed by atoms with Crippen molar-refractivity contribution in [2.75, 3.05) is 39.2 Å². The Bertz CT molecular complexity index is 222. The van der Waals surface area contributed by atoms with Gasteiger partial charge in [0, 0.05) is 18.9 Å². The molecule has 0 bridgehead atoms. The summed E-state index contributed by atoms with van der Waals surface area (Å²) >= 11 is 1.81. The maximum atomic E-state index is 5.34. The molecule has 1 fully saturated rings. The van der Waals surface area contributed by atoms with Gasteiger partial charge in [0.15, 0.2) is 5.17 Å². The number of amidine groups is 1. The largest absolute Gasteiger partial charge is 0.382 e. The molecule has 1 aliphatic heterocycles. The van der Waals surface area contributed by atoms with Gasteiger partial charge < -0.3 is 14.8 Å². The number of methoxy groups -OCH3 is 1. The van der Waals surface area contributed by atoms with Crippen molar-refractivity contribution in [1.82, 2.24) is 5.32 Å². The first-order valence-corrected chi connectivity index (χ1v) is 6.73. The van der Waals surface area contributed by atoms with Crippen LogP contribution in [0.4, 0.5) is 0 Å². The van der Waals surface area contributed by atoms with Crippen molar-refractivity contribution >= 4 is 16.9 Å². The van der Waals surface area contributed by atoms with E-state index in [-0.39, 0.29) is 0 Å². The number of thioether (sulfide) groups is 1. The zero-order valence-corrected chi connectivity index (χ0v) is 11.2. The molecule has 1 N–H and O–H groups in total. The first-order chi connectivity index (χ1) is 7.74. The zero-order valence-electron chi connectivity index (χ0n) is 10.4. The van der Waals surface area contributed by atoms with Crippen molar-refractivity contribution in [1.29, 1.82) is 0 Å². The number of ether oxygens (including phenoxy) is 2. The molecule has 1 atom stereocenters. The Morgan fingerprint density at radius 3 is 2.88 bits per heavy atom. The minimum atomic E-state index is 0.568. The summed E-state index contributed by atoms with van der Waals surface area (Å²) < 4.78 is 10.2. The van der Waals surface area contributed by atoms with Crippen LogP contribution in [-0.2, 0) is 9.47 Å². The van der Waals surface area contributed by atoms with Gasteiger partial charge in [0.2, 0.25) is 0 Å². The Labute approximate surface area is 102 Å². The Hall–Kier alpha value is -0.260. The van der Waals surface area contributed by atoms with Crippen molar-refractivity contribution in [2.45, 2.75) is 19.9 Å². The second-order valence-electron chi connectivity index (χ2n) is 4.10. The van der Waals surface area contributed by atoms with Crippen LogP contribution in [0.1, 0.15) is 13.8 Å². The molecular weight excluding hydrogens is 224 g/mol. The van der Waals surface area contributed by atoms with Gasteiger partial charge in [0.25, 0.3) is 0 Å². The predicted octanol–water partition coefficient (Wildman–Crippen LogP) is 1.37. The van der Waals surface area contributed by atoms with Gasteiger partial charge in [-0.2, -0.15) is 0 Å². The molecule has 1 heterocycles. The second-order valence-corrected chi connectivity index (χ2v) is 5.11. The molecule has 0 amide bonds. The molecule has 16 heavy (non-hydrogen) atoms. The summed E-state index contributed by atoms with van der Waals surface area (Å²) in [7, 11) is 1.68. The number of hydrogen-bond donors (Lipinski definition) is 1.